The van der Waals surface area contributed by atoms with Crippen LogP contribution >= 0.6 is 0 Å². The molecule has 1 saturated carbocycles. The molecular weight excluding hydrogens is 285 g/mol. The zero-order chi connectivity index (χ0) is 15.9. The maximum Gasteiger partial charge on any atom is 0.220 e. The van der Waals surface area contributed by atoms with Gasteiger partial charge in [0.2, 0.25) is 11.9 Å². The van der Waals surface area contributed by atoms with Gasteiger partial charge in [-0.2, -0.15) is 4.99 Å². The number of halogens is 1. The first-order valence-electron chi connectivity index (χ1n) is 7.42. The van der Waals surface area contributed by atoms with Crippen LogP contribution in [0.2, 0.25) is 0 Å². The van der Waals surface area contributed by atoms with Crippen molar-refractivity contribution in [3.8, 4) is 5.75 Å². The zero-order valence-corrected chi connectivity index (χ0v) is 12.5. The van der Waals surface area contributed by atoms with Crippen LogP contribution in [0.1, 0.15) is 37.7 Å². The first-order valence-corrected chi connectivity index (χ1v) is 7.42. The largest absolute Gasteiger partial charge is 0.508 e. The van der Waals surface area contributed by atoms with E-state index in [0.717, 1.165) is 32.1 Å². The Balaban J connectivity index is 2.14. The third kappa shape index (κ3) is 2.26. The molecular formula is C15H20FN5O. The van der Waals surface area contributed by atoms with Gasteiger partial charge in [-0.05, 0) is 44.2 Å². The van der Waals surface area contributed by atoms with Crippen LogP contribution in [0.5, 0.6) is 5.75 Å². The number of guanidine groups is 2. The summed E-state index contributed by atoms with van der Waals surface area (Å²) in [5.41, 5.74) is 11.7. The molecule has 7 heteroatoms. The molecule has 118 valence electrons. The lowest BCUT2D eigenvalue weighted by Gasteiger charge is -2.45. The van der Waals surface area contributed by atoms with Crippen molar-refractivity contribution in [3.05, 3.63) is 23.5 Å². The monoisotopic (exact) mass is 305 g/mol. The van der Waals surface area contributed by atoms with Gasteiger partial charge in [0.25, 0.3) is 0 Å². The molecule has 6 nitrogen and oxygen atoms in total. The average Bonchev–Trinajstić information content (AvgIpc) is 2.44. The Labute approximate surface area is 128 Å². The quantitative estimate of drug-likeness (QED) is 0.738. The summed E-state index contributed by atoms with van der Waals surface area (Å²) in [4.78, 5) is 10.0. The molecule has 3 rings (SSSR count). The van der Waals surface area contributed by atoms with Crippen LogP contribution in [0, 0.1) is 12.7 Å². The number of phenols is 1. The molecule has 5 N–H and O–H groups in total. The van der Waals surface area contributed by atoms with Gasteiger partial charge in [0.1, 0.15) is 17.2 Å². The summed E-state index contributed by atoms with van der Waals surface area (Å²) in [6.07, 6.45) is 4.46. The SMILES string of the molecule is Cc1cc(F)c(N2C(N)=NC(N)=NC23CCCCC3)cc1O. The second-order valence-electron chi connectivity index (χ2n) is 5.91. The number of rotatable bonds is 1. The Hall–Kier alpha value is -2.31. The standard InChI is InChI=1S/C15H20FN5O/c1-9-7-10(16)11(8-12(9)22)21-14(18)19-13(17)20-15(21)5-3-2-4-6-15/h7-8,22H,2-6H2,1H3,(H4,17,18,19,20). The summed E-state index contributed by atoms with van der Waals surface area (Å²) in [6.45, 7) is 1.64. The molecule has 1 fully saturated rings. The topological polar surface area (TPSA) is 100 Å². The van der Waals surface area contributed by atoms with Gasteiger partial charge in [-0.3, -0.25) is 4.90 Å². The number of hydrogen-bond donors (Lipinski definition) is 3. The predicted octanol–water partition coefficient (Wildman–Crippen LogP) is 1.95. The van der Waals surface area contributed by atoms with E-state index >= 15 is 0 Å². The zero-order valence-electron chi connectivity index (χ0n) is 12.5. The number of phenolic OH excluding ortho intramolecular Hbond substituents is 1. The third-order valence-electron chi connectivity index (χ3n) is 4.36. The minimum Gasteiger partial charge on any atom is -0.508 e. The Morgan fingerprint density at radius 2 is 1.91 bits per heavy atom. The lowest BCUT2D eigenvalue weighted by atomic mass is 9.87. The van der Waals surface area contributed by atoms with E-state index in [1.807, 2.05) is 0 Å². The molecule has 1 aliphatic heterocycles. The molecule has 0 saturated heterocycles. The number of nitrogens with two attached hydrogens (primary N) is 2. The summed E-state index contributed by atoms with van der Waals surface area (Å²) >= 11 is 0. The Kier molecular flexibility index (Phi) is 3.42. The highest BCUT2D eigenvalue weighted by Gasteiger charge is 2.43. The van der Waals surface area contributed by atoms with E-state index in [1.54, 1.807) is 11.8 Å². The minimum absolute atomic E-state index is 0.0117. The van der Waals surface area contributed by atoms with Crippen LogP contribution in [0.15, 0.2) is 22.1 Å². The van der Waals surface area contributed by atoms with Crippen molar-refractivity contribution in [3.63, 3.8) is 0 Å². The molecule has 0 atom stereocenters. The predicted molar refractivity (Wildman–Crippen MR) is 84.3 cm³/mol. The van der Waals surface area contributed by atoms with E-state index in [9.17, 15) is 9.50 Å². The summed E-state index contributed by atoms with van der Waals surface area (Å²) in [5, 5.41) is 9.95. The molecule has 1 aromatic carbocycles. The van der Waals surface area contributed by atoms with Gasteiger partial charge in [0.05, 0.1) is 5.69 Å². The normalized spacial score (nSPS) is 20.7. The molecule has 2 aliphatic rings. The van der Waals surface area contributed by atoms with E-state index in [-0.39, 0.29) is 23.4 Å². The Bertz CT molecular complexity index is 664. The van der Waals surface area contributed by atoms with Crippen molar-refractivity contribution in [1.82, 2.24) is 0 Å². The van der Waals surface area contributed by atoms with Gasteiger partial charge >= 0.3 is 0 Å². The fourth-order valence-electron chi connectivity index (χ4n) is 3.29. The fourth-order valence-corrected chi connectivity index (χ4v) is 3.29. The van der Waals surface area contributed by atoms with Crippen LogP contribution in [-0.4, -0.2) is 22.7 Å². The molecule has 0 amide bonds. The second-order valence-corrected chi connectivity index (χ2v) is 5.91. The van der Waals surface area contributed by atoms with Gasteiger partial charge in [-0.15, -0.1) is 0 Å². The van der Waals surface area contributed by atoms with Crippen LogP contribution in [0.25, 0.3) is 0 Å². The van der Waals surface area contributed by atoms with Crippen molar-refractivity contribution < 1.29 is 9.50 Å². The van der Waals surface area contributed by atoms with Gasteiger partial charge in [0, 0.05) is 6.07 Å². The molecule has 0 aromatic heterocycles. The lowest BCUT2D eigenvalue weighted by molar-refractivity contribution is 0.303. The molecule has 1 aromatic rings. The number of nitrogens with zero attached hydrogens (tertiary/aromatic N) is 3. The highest BCUT2D eigenvalue weighted by atomic mass is 19.1. The molecule has 0 bridgehead atoms. The summed E-state index contributed by atoms with van der Waals surface area (Å²) in [5.74, 6) is -0.226. The first-order chi connectivity index (χ1) is 10.4. The molecule has 22 heavy (non-hydrogen) atoms. The molecule has 1 aliphatic carbocycles. The Morgan fingerprint density at radius 3 is 2.59 bits per heavy atom. The maximum atomic E-state index is 14.5. The van der Waals surface area contributed by atoms with Crippen molar-refractivity contribution in [1.29, 1.82) is 0 Å². The smallest absolute Gasteiger partial charge is 0.220 e. The second kappa shape index (κ2) is 5.15. The lowest BCUT2D eigenvalue weighted by Crippen LogP contribution is -2.58. The number of aliphatic imine (C=N–C) groups is 2. The number of anilines is 1. The van der Waals surface area contributed by atoms with Gasteiger partial charge in [0.15, 0.2) is 0 Å². The van der Waals surface area contributed by atoms with E-state index < -0.39 is 11.5 Å². The summed E-state index contributed by atoms with van der Waals surface area (Å²) in [7, 11) is 0. The van der Waals surface area contributed by atoms with Gasteiger partial charge < -0.3 is 16.6 Å². The van der Waals surface area contributed by atoms with Crippen LogP contribution in [0.4, 0.5) is 10.1 Å². The maximum absolute atomic E-state index is 14.5. The number of hydrogen-bond acceptors (Lipinski definition) is 6. The molecule has 0 radical (unpaired) electrons. The van der Waals surface area contributed by atoms with E-state index in [4.69, 9.17) is 11.5 Å². The fraction of sp³-hybridized carbons (Fsp3) is 0.467. The number of benzene rings is 1. The first kappa shape index (κ1) is 14.6. The van der Waals surface area contributed by atoms with Crippen LogP contribution in [-0.2, 0) is 0 Å². The highest BCUT2D eigenvalue weighted by Crippen LogP contribution is 2.41. The molecule has 0 unspecified atom stereocenters. The molecule has 1 heterocycles. The van der Waals surface area contributed by atoms with Crippen molar-refractivity contribution >= 4 is 17.6 Å². The van der Waals surface area contributed by atoms with E-state index in [1.165, 1.54) is 12.1 Å². The summed E-state index contributed by atoms with van der Waals surface area (Å²) in [6, 6.07) is 2.66. The molecule has 1 spiro atoms. The van der Waals surface area contributed by atoms with Crippen molar-refractivity contribution in [2.75, 3.05) is 4.90 Å². The summed E-state index contributed by atoms with van der Waals surface area (Å²) < 4.78 is 14.5. The minimum atomic E-state index is -0.712. The number of aromatic hydroxyl groups is 1. The van der Waals surface area contributed by atoms with E-state index in [0.29, 0.717) is 5.56 Å². The Morgan fingerprint density at radius 1 is 1.23 bits per heavy atom. The third-order valence-corrected chi connectivity index (χ3v) is 4.36. The van der Waals surface area contributed by atoms with Crippen LogP contribution in [0.3, 0.4) is 0 Å². The highest BCUT2D eigenvalue weighted by molar-refractivity contribution is 6.05. The average molecular weight is 305 g/mol. The van der Waals surface area contributed by atoms with Crippen LogP contribution < -0.4 is 16.4 Å². The number of aryl methyl sites for hydroxylation is 1. The van der Waals surface area contributed by atoms with Gasteiger partial charge in [-0.25, -0.2) is 9.38 Å². The van der Waals surface area contributed by atoms with Crippen molar-refractivity contribution in [2.24, 2.45) is 21.5 Å². The van der Waals surface area contributed by atoms with Crippen molar-refractivity contribution in [2.45, 2.75) is 44.7 Å². The van der Waals surface area contributed by atoms with Gasteiger partial charge in [-0.1, -0.05) is 6.42 Å². The van der Waals surface area contributed by atoms with E-state index in [2.05, 4.69) is 9.98 Å².